The molecule has 4 rings (SSSR count). The summed E-state index contributed by atoms with van der Waals surface area (Å²) in [5.41, 5.74) is 1.77. The summed E-state index contributed by atoms with van der Waals surface area (Å²) in [5.74, 6) is 0.523. The van der Waals surface area contributed by atoms with E-state index in [9.17, 15) is 18.0 Å². The molecule has 0 saturated carbocycles. The second-order valence-electron chi connectivity index (χ2n) is 6.80. The molecule has 2 aromatic carbocycles. The molecule has 0 spiro atoms. The number of amides is 2. The van der Waals surface area contributed by atoms with Gasteiger partial charge in [0.15, 0.2) is 5.16 Å². The van der Waals surface area contributed by atoms with E-state index in [1.165, 1.54) is 22.9 Å². The first-order chi connectivity index (χ1) is 14.8. The highest BCUT2D eigenvalue weighted by molar-refractivity contribution is 7.98. The minimum atomic E-state index is -4.60. The monoisotopic (exact) mass is 464 g/mol. The Labute approximate surface area is 185 Å². The minimum absolute atomic E-state index is 0.0237. The Kier molecular flexibility index (Phi) is 6.06. The Morgan fingerprint density at radius 1 is 1.06 bits per heavy atom. The molecule has 0 aliphatic carbocycles. The number of rotatable bonds is 5. The zero-order valence-electron chi connectivity index (χ0n) is 16.0. The summed E-state index contributed by atoms with van der Waals surface area (Å²) in [4.78, 5) is 23.5. The van der Waals surface area contributed by atoms with E-state index in [-0.39, 0.29) is 17.4 Å². The van der Waals surface area contributed by atoms with Crippen molar-refractivity contribution in [2.75, 3.05) is 16.3 Å². The van der Waals surface area contributed by atoms with Crippen molar-refractivity contribution >= 4 is 40.9 Å². The van der Waals surface area contributed by atoms with Crippen LogP contribution in [0.5, 0.6) is 0 Å². The van der Waals surface area contributed by atoms with Gasteiger partial charge in [0, 0.05) is 17.5 Å². The number of urea groups is 1. The van der Waals surface area contributed by atoms with Crippen LogP contribution < -0.4 is 9.80 Å². The number of benzene rings is 2. The van der Waals surface area contributed by atoms with Crippen molar-refractivity contribution in [2.24, 2.45) is 0 Å². The lowest BCUT2D eigenvalue weighted by molar-refractivity contribution is -0.118. The maximum atomic E-state index is 13.3. The number of aromatic nitrogens is 2. The quantitative estimate of drug-likeness (QED) is 0.347. The molecular formula is C21H16ClF3N4OS. The molecule has 0 radical (unpaired) electrons. The van der Waals surface area contributed by atoms with Crippen LogP contribution in [0.25, 0.3) is 0 Å². The van der Waals surface area contributed by atoms with Crippen LogP contribution in [0.15, 0.2) is 66.0 Å². The number of alkyl halides is 3. The topological polar surface area (TPSA) is 49.3 Å². The van der Waals surface area contributed by atoms with Gasteiger partial charge in [0.25, 0.3) is 0 Å². The molecule has 0 unspecified atom stereocenters. The van der Waals surface area contributed by atoms with E-state index in [0.29, 0.717) is 27.1 Å². The van der Waals surface area contributed by atoms with Gasteiger partial charge in [-0.15, -0.1) is 0 Å². The Morgan fingerprint density at radius 2 is 1.77 bits per heavy atom. The summed E-state index contributed by atoms with van der Waals surface area (Å²) in [7, 11) is 0. The van der Waals surface area contributed by atoms with Gasteiger partial charge in [-0.25, -0.2) is 14.8 Å². The average Bonchev–Trinajstić information content (AvgIpc) is 2.75. The highest BCUT2D eigenvalue weighted by atomic mass is 35.5. The van der Waals surface area contributed by atoms with Gasteiger partial charge < -0.3 is 0 Å². The molecule has 0 bridgehead atoms. The molecule has 1 aliphatic heterocycles. The van der Waals surface area contributed by atoms with Gasteiger partial charge in [-0.2, -0.15) is 13.2 Å². The molecule has 160 valence electrons. The molecule has 1 aromatic heterocycles. The molecule has 0 fully saturated rings. The van der Waals surface area contributed by atoms with Crippen LogP contribution in [-0.4, -0.2) is 28.7 Å². The number of hydrogen-bond acceptors (Lipinski definition) is 4. The van der Waals surface area contributed by atoms with E-state index in [2.05, 4.69) is 9.97 Å². The molecule has 2 amide bonds. The maximum absolute atomic E-state index is 13.3. The molecule has 31 heavy (non-hydrogen) atoms. The minimum Gasteiger partial charge on any atom is -0.288 e. The molecule has 0 N–H and O–H groups in total. The van der Waals surface area contributed by atoms with Crippen molar-refractivity contribution in [1.29, 1.82) is 0 Å². The predicted octanol–water partition coefficient (Wildman–Crippen LogP) is 5.93. The molecule has 3 aromatic rings. The van der Waals surface area contributed by atoms with E-state index in [0.717, 1.165) is 5.56 Å². The Bertz CT molecular complexity index is 1100. The van der Waals surface area contributed by atoms with Gasteiger partial charge in [0.05, 0.1) is 17.3 Å². The normalized spacial score (nSPS) is 14.0. The third-order valence-electron chi connectivity index (χ3n) is 4.56. The SMILES string of the molecule is O=C1N(c2ccccc2Cl)Cc2cnc(SCc3ccccc3)nc2N1CC(F)(F)F. The van der Waals surface area contributed by atoms with Gasteiger partial charge in [0.2, 0.25) is 0 Å². The van der Waals surface area contributed by atoms with E-state index in [1.54, 1.807) is 24.3 Å². The number of hydrogen-bond donors (Lipinski definition) is 0. The third-order valence-corrected chi connectivity index (χ3v) is 5.81. The van der Waals surface area contributed by atoms with Gasteiger partial charge >= 0.3 is 12.2 Å². The number of nitrogens with zero attached hydrogens (tertiary/aromatic N) is 4. The van der Waals surface area contributed by atoms with Crippen LogP contribution in [0.3, 0.4) is 0 Å². The van der Waals surface area contributed by atoms with E-state index in [4.69, 9.17) is 11.6 Å². The number of halogens is 4. The highest BCUT2D eigenvalue weighted by Crippen LogP contribution is 2.36. The summed E-state index contributed by atoms with van der Waals surface area (Å²) < 4.78 is 39.9. The van der Waals surface area contributed by atoms with E-state index >= 15 is 0 Å². The fraction of sp³-hybridized carbons (Fsp3) is 0.190. The Morgan fingerprint density at radius 3 is 2.48 bits per heavy atom. The van der Waals surface area contributed by atoms with Crippen molar-refractivity contribution in [1.82, 2.24) is 9.97 Å². The second-order valence-corrected chi connectivity index (χ2v) is 8.15. The first-order valence-corrected chi connectivity index (χ1v) is 10.6. The molecule has 0 atom stereocenters. The zero-order chi connectivity index (χ0) is 22.0. The predicted molar refractivity (Wildman–Crippen MR) is 114 cm³/mol. The number of thioether (sulfide) groups is 1. The van der Waals surface area contributed by atoms with Crippen LogP contribution in [0, 0.1) is 0 Å². The summed E-state index contributed by atoms with van der Waals surface area (Å²) in [6.07, 6.45) is -3.13. The van der Waals surface area contributed by atoms with Crippen molar-refractivity contribution in [2.45, 2.75) is 23.6 Å². The van der Waals surface area contributed by atoms with Crippen molar-refractivity contribution in [3.05, 3.63) is 76.9 Å². The van der Waals surface area contributed by atoms with Crippen LogP contribution in [0.1, 0.15) is 11.1 Å². The fourth-order valence-electron chi connectivity index (χ4n) is 3.17. The van der Waals surface area contributed by atoms with Crippen molar-refractivity contribution < 1.29 is 18.0 Å². The lowest BCUT2D eigenvalue weighted by atomic mass is 10.2. The number of anilines is 2. The van der Waals surface area contributed by atoms with Crippen LogP contribution in [0.4, 0.5) is 29.5 Å². The van der Waals surface area contributed by atoms with Gasteiger partial charge in [0.1, 0.15) is 12.4 Å². The standard InChI is InChI=1S/C21H16ClF3N4OS/c22-16-8-4-5-9-17(16)28-11-15-10-26-19(31-12-14-6-2-1-3-7-14)27-18(15)29(20(28)30)13-21(23,24)25/h1-10H,11-13H2. The molecule has 2 heterocycles. The van der Waals surface area contributed by atoms with E-state index in [1.807, 2.05) is 30.3 Å². The van der Waals surface area contributed by atoms with E-state index < -0.39 is 18.8 Å². The van der Waals surface area contributed by atoms with Gasteiger partial charge in [-0.3, -0.25) is 9.80 Å². The number of para-hydroxylation sites is 1. The highest BCUT2D eigenvalue weighted by Gasteiger charge is 2.41. The number of carbonyl (C=O) groups is 1. The molecular weight excluding hydrogens is 449 g/mol. The largest absolute Gasteiger partial charge is 0.406 e. The summed E-state index contributed by atoms with van der Waals surface area (Å²) in [6.45, 7) is -1.44. The number of carbonyl (C=O) groups excluding carboxylic acids is 1. The summed E-state index contributed by atoms with van der Waals surface area (Å²) >= 11 is 7.48. The first-order valence-electron chi connectivity index (χ1n) is 9.25. The van der Waals surface area contributed by atoms with Gasteiger partial charge in [-0.1, -0.05) is 65.8 Å². The lowest BCUT2D eigenvalue weighted by Crippen LogP contribution is -2.51. The smallest absolute Gasteiger partial charge is 0.288 e. The average molecular weight is 465 g/mol. The lowest BCUT2D eigenvalue weighted by Gasteiger charge is -2.36. The van der Waals surface area contributed by atoms with Crippen LogP contribution in [0.2, 0.25) is 5.02 Å². The molecule has 1 aliphatic rings. The Balaban J connectivity index is 1.67. The second kappa shape index (κ2) is 8.76. The van der Waals surface area contributed by atoms with Gasteiger partial charge in [-0.05, 0) is 17.7 Å². The van der Waals surface area contributed by atoms with Crippen LogP contribution in [-0.2, 0) is 12.3 Å². The molecule has 10 heteroatoms. The number of fused-ring (bicyclic) bond motifs is 1. The molecule has 5 nitrogen and oxygen atoms in total. The molecule has 0 saturated heterocycles. The Hall–Kier alpha value is -2.78. The van der Waals surface area contributed by atoms with Crippen molar-refractivity contribution in [3.8, 4) is 0 Å². The van der Waals surface area contributed by atoms with Crippen LogP contribution >= 0.6 is 23.4 Å². The third kappa shape index (κ3) is 4.94. The fourth-order valence-corrected chi connectivity index (χ4v) is 4.18. The summed E-state index contributed by atoms with van der Waals surface area (Å²) in [5, 5.41) is 0.566. The maximum Gasteiger partial charge on any atom is 0.406 e. The summed E-state index contributed by atoms with van der Waals surface area (Å²) in [6, 6.07) is 15.2. The van der Waals surface area contributed by atoms with Crippen molar-refractivity contribution in [3.63, 3.8) is 0 Å². The zero-order valence-corrected chi connectivity index (χ0v) is 17.6. The first kappa shape index (κ1) is 21.5.